The first-order valence-corrected chi connectivity index (χ1v) is 9.73. The number of rotatable bonds is 3. The van der Waals surface area contributed by atoms with Gasteiger partial charge in [0.15, 0.2) is 5.78 Å². The van der Waals surface area contributed by atoms with Crippen LogP contribution in [0.1, 0.15) is 26.5 Å². The number of carbonyl (C=O) groups is 1. The van der Waals surface area contributed by atoms with Gasteiger partial charge in [-0.1, -0.05) is 44.0 Å². The summed E-state index contributed by atoms with van der Waals surface area (Å²) < 4.78 is 6.76. The van der Waals surface area contributed by atoms with Crippen molar-refractivity contribution >= 4 is 52.5 Å². The molecule has 1 N–H and O–H groups in total. The van der Waals surface area contributed by atoms with Gasteiger partial charge in [0.25, 0.3) is 5.56 Å². The van der Waals surface area contributed by atoms with Gasteiger partial charge < -0.3 is 9.40 Å². The number of aromatic nitrogens is 1. The van der Waals surface area contributed by atoms with E-state index in [0.717, 1.165) is 5.56 Å². The number of furan rings is 1. The second-order valence-electron chi connectivity index (χ2n) is 7.02. The molecule has 0 atom stereocenters. The van der Waals surface area contributed by atoms with E-state index in [2.05, 4.69) is 4.98 Å². The van der Waals surface area contributed by atoms with Crippen LogP contribution in [-0.4, -0.2) is 10.8 Å². The summed E-state index contributed by atoms with van der Waals surface area (Å²) in [5.41, 5.74) is 0.0231. The fourth-order valence-electron chi connectivity index (χ4n) is 2.22. The fourth-order valence-corrected chi connectivity index (χ4v) is 3.39. The molecule has 27 heavy (non-hydrogen) atoms. The Labute approximate surface area is 169 Å². The maximum absolute atomic E-state index is 12.2. The summed E-state index contributed by atoms with van der Waals surface area (Å²) in [5, 5.41) is 0.909. The molecule has 0 aliphatic carbocycles. The van der Waals surface area contributed by atoms with Gasteiger partial charge >= 0.3 is 0 Å². The molecule has 0 aliphatic rings. The number of carbonyl (C=O) groups excluding carboxylic acids is 1. The molecule has 0 saturated heterocycles. The van der Waals surface area contributed by atoms with Crippen LogP contribution in [0, 0.1) is 5.41 Å². The van der Waals surface area contributed by atoms with Gasteiger partial charge in [-0.3, -0.25) is 9.59 Å². The van der Waals surface area contributed by atoms with E-state index in [4.69, 9.17) is 27.6 Å². The number of nitrogens with one attached hydrogen (secondary N) is 1. The molecule has 0 fully saturated rings. The minimum Gasteiger partial charge on any atom is -0.457 e. The molecule has 0 spiro atoms. The van der Waals surface area contributed by atoms with Gasteiger partial charge in [0.2, 0.25) is 0 Å². The number of thiazole rings is 1. The third-order valence-corrected chi connectivity index (χ3v) is 5.49. The molecule has 2 heterocycles. The molecule has 0 amide bonds. The molecule has 0 unspecified atom stereocenters. The highest BCUT2D eigenvalue weighted by Gasteiger charge is 2.18. The molecule has 0 aliphatic heterocycles. The Balaban J connectivity index is 1.96. The van der Waals surface area contributed by atoms with Crippen molar-refractivity contribution in [2.75, 3.05) is 0 Å². The smallest absolute Gasteiger partial charge is 0.266 e. The predicted molar refractivity (Wildman–Crippen MR) is 111 cm³/mol. The van der Waals surface area contributed by atoms with E-state index in [-0.39, 0.29) is 11.3 Å². The van der Waals surface area contributed by atoms with E-state index >= 15 is 0 Å². The van der Waals surface area contributed by atoms with Crippen LogP contribution in [0.15, 0.2) is 39.5 Å². The third-order valence-electron chi connectivity index (χ3n) is 3.79. The molecule has 2 aromatic heterocycles. The van der Waals surface area contributed by atoms with E-state index in [1.54, 1.807) is 36.4 Å². The van der Waals surface area contributed by atoms with Crippen LogP contribution in [0.3, 0.4) is 0 Å². The molecular formula is C20H17Cl2NO3S. The van der Waals surface area contributed by atoms with Crippen molar-refractivity contribution in [2.24, 2.45) is 5.41 Å². The normalized spacial score (nSPS) is 13.4. The van der Waals surface area contributed by atoms with Crippen LogP contribution in [0.2, 0.25) is 10.0 Å². The van der Waals surface area contributed by atoms with Crippen LogP contribution in [0.5, 0.6) is 0 Å². The molecule has 1 aromatic carbocycles. The minimum atomic E-state index is -0.499. The number of halogens is 2. The Morgan fingerprint density at radius 1 is 1.15 bits per heavy atom. The SMILES string of the molecule is CC(C)(C)C(=O)/C=c1\[nH]c(=O)/c(=C\c2ccc(-c3ccc(Cl)c(Cl)c3)o2)s1. The summed E-state index contributed by atoms with van der Waals surface area (Å²) in [4.78, 5) is 27.0. The average molecular weight is 422 g/mol. The van der Waals surface area contributed by atoms with Crippen molar-refractivity contribution in [3.63, 3.8) is 0 Å². The van der Waals surface area contributed by atoms with Gasteiger partial charge in [0.1, 0.15) is 11.5 Å². The highest BCUT2D eigenvalue weighted by Crippen LogP contribution is 2.29. The van der Waals surface area contributed by atoms with Gasteiger partial charge in [-0.2, -0.15) is 0 Å². The summed E-state index contributed by atoms with van der Waals surface area (Å²) in [6.07, 6.45) is 3.11. The lowest BCUT2D eigenvalue weighted by Gasteiger charge is -2.12. The molecule has 3 aromatic rings. The Bertz CT molecular complexity index is 1180. The van der Waals surface area contributed by atoms with Crippen LogP contribution in [0.4, 0.5) is 0 Å². The van der Waals surface area contributed by atoms with Crippen LogP contribution in [-0.2, 0) is 4.79 Å². The lowest BCUT2D eigenvalue weighted by molar-refractivity contribution is -0.119. The topological polar surface area (TPSA) is 63.1 Å². The van der Waals surface area contributed by atoms with E-state index in [1.807, 2.05) is 20.8 Å². The summed E-state index contributed by atoms with van der Waals surface area (Å²) >= 11 is 13.2. The Morgan fingerprint density at radius 3 is 2.56 bits per heavy atom. The number of benzene rings is 1. The highest BCUT2D eigenvalue weighted by atomic mass is 35.5. The van der Waals surface area contributed by atoms with E-state index in [0.29, 0.717) is 30.8 Å². The highest BCUT2D eigenvalue weighted by molar-refractivity contribution is 7.07. The standard InChI is InChI=1S/C20H17Cl2NO3S/c1-20(2,3)17(24)10-18-23-19(25)16(27-18)9-12-5-7-15(26-12)11-4-6-13(21)14(22)8-11/h4-10H,1-3H3,(H,23,25)/b16-9+,18-10+. The van der Waals surface area contributed by atoms with Gasteiger partial charge in [-0.25, -0.2) is 0 Å². The second kappa shape index (κ2) is 7.50. The minimum absolute atomic E-state index is 0.0496. The number of H-pyrrole nitrogens is 1. The first kappa shape index (κ1) is 19.7. The molecule has 0 bridgehead atoms. The maximum atomic E-state index is 12.2. The van der Waals surface area contributed by atoms with E-state index in [9.17, 15) is 9.59 Å². The van der Waals surface area contributed by atoms with Gasteiger partial charge in [0, 0.05) is 23.1 Å². The van der Waals surface area contributed by atoms with E-state index < -0.39 is 5.41 Å². The molecule has 3 rings (SSSR count). The second-order valence-corrected chi connectivity index (χ2v) is 8.92. The summed E-state index contributed by atoms with van der Waals surface area (Å²) in [5.74, 6) is 1.09. The molecule has 7 heteroatoms. The number of Topliss-reactive ketones (excluding diaryl/α,β-unsaturated/α-hetero) is 1. The molecule has 4 nitrogen and oxygen atoms in total. The summed E-state index contributed by atoms with van der Waals surface area (Å²) in [6.45, 7) is 5.49. The lowest BCUT2D eigenvalue weighted by atomic mass is 9.91. The Morgan fingerprint density at radius 2 is 1.89 bits per heavy atom. The Kier molecular flexibility index (Phi) is 5.47. The zero-order valence-electron chi connectivity index (χ0n) is 14.9. The van der Waals surface area contributed by atoms with Crippen molar-refractivity contribution in [3.05, 3.63) is 65.7 Å². The zero-order chi connectivity index (χ0) is 19.8. The third kappa shape index (κ3) is 4.61. The van der Waals surface area contributed by atoms with Crippen LogP contribution < -0.4 is 14.8 Å². The van der Waals surface area contributed by atoms with Crippen molar-refractivity contribution in [1.29, 1.82) is 0 Å². The van der Waals surface area contributed by atoms with Crippen molar-refractivity contribution in [3.8, 4) is 11.3 Å². The zero-order valence-corrected chi connectivity index (χ0v) is 17.3. The summed E-state index contributed by atoms with van der Waals surface area (Å²) in [6, 6.07) is 8.78. The monoisotopic (exact) mass is 421 g/mol. The van der Waals surface area contributed by atoms with Crippen molar-refractivity contribution in [1.82, 2.24) is 4.98 Å². The molecule has 0 saturated carbocycles. The molecule has 140 valence electrons. The van der Waals surface area contributed by atoms with Gasteiger partial charge in [0.05, 0.1) is 19.2 Å². The summed E-state index contributed by atoms with van der Waals surface area (Å²) in [7, 11) is 0. The van der Waals surface area contributed by atoms with Crippen molar-refractivity contribution in [2.45, 2.75) is 20.8 Å². The Hall–Kier alpha value is -2.08. The van der Waals surface area contributed by atoms with Crippen LogP contribution >= 0.6 is 34.5 Å². The maximum Gasteiger partial charge on any atom is 0.266 e. The average Bonchev–Trinajstić information content (AvgIpc) is 3.17. The van der Waals surface area contributed by atoms with Gasteiger partial charge in [-0.15, -0.1) is 11.3 Å². The number of ketones is 1. The van der Waals surface area contributed by atoms with Gasteiger partial charge in [-0.05, 0) is 30.3 Å². The predicted octanol–water partition coefficient (Wildman–Crippen LogP) is 4.23. The first-order chi connectivity index (χ1) is 12.6. The van der Waals surface area contributed by atoms with Crippen molar-refractivity contribution < 1.29 is 9.21 Å². The first-order valence-electron chi connectivity index (χ1n) is 8.16. The molecular weight excluding hydrogens is 405 g/mol. The number of aromatic amines is 1. The molecule has 0 radical (unpaired) electrons. The number of hydrogen-bond acceptors (Lipinski definition) is 4. The quantitative estimate of drug-likeness (QED) is 0.687. The number of hydrogen-bond donors (Lipinski definition) is 1. The lowest BCUT2D eigenvalue weighted by Crippen LogP contribution is -2.22. The van der Waals surface area contributed by atoms with E-state index in [1.165, 1.54) is 17.4 Å². The van der Waals surface area contributed by atoms with Crippen LogP contribution in [0.25, 0.3) is 23.5 Å². The fraction of sp³-hybridized carbons (Fsp3) is 0.200. The largest absolute Gasteiger partial charge is 0.457 e.